The summed E-state index contributed by atoms with van der Waals surface area (Å²) < 4.78 is 5.05. The highest BCUT2D eigenvalue weighted by molar-refractivity contribution is 5.29. The van der Waals surface area contributed by atoms with Crippen molar-refractivity contribution < 1.29 is 9.84 Å². The van der Waals surface area contributed by atoms with E-state index in [1.165, 1.54) is 0 Å². The Kier molecular flexibility index (Phi) is 4.59. The van der Waals surface area contributed by atoms with Crippen LogP contribution in [0, 0.1) is 0 Å². The van der Waals surface area contributed by atoms with Gasteiger partial charge in [-0.15, -0.1) is 0 Å². The minimum Gasteiger partial charge on any atom is -0.508 e. The normalized spacial score (nSPS) is 14.9. The number of rotatable bonds is 5. The first kappa shape index (κ1) is 12.0. The van der Waals surface area contributed by atoms with E-state index in [0.29, 0.717) is 18.4 Å². The van der Waals surface area contributed by atoms with Gasteiger partial charge in [0, 0.05) is 19.2 Å². The summed E-state index contributed by atoms with van der Waals surface area (Å²) in [6.07, 6.45) is 0. The number of methoxy groups -OCH3 is 1. The van der Waals surface area contributed by atoms with Gasteiger partial charge >= 0.3 is 0 Å². The molecule has 0 saturated carbocycles. The molecule has 2 N–H and O–H groups in total. The van der Waals surface area contributed by atoms with Crippen LogP contribution in [-0.2, 0) is 4.74 Å². The Bertz CT molecular complexity index is 301. The van der Waals surface area contributed by atoms with E-state index in [1.807, 2.05) is 12.1 Å². The zero-order valence-corrected chi connectivity index (χ0v) is 9.53. The second-order valence-corrected chi connectivity index (χ2v) is 3.84. The fourth-order valence-corrected chi connectivity index (χ4v) is 1.62. The monoisotopic (exact) mass is 209 g/mol. The Morgan fingerprint density at radius 3 is 2.73 bits per heavy atom. The molecule has 0 amide bonds. The van der Waals surface area contributed by atoms with E-state index in [2.05, 4.69) is 19.2 Å². The minimum absolute atomic E-state index is 0.210. The lowest BCUT2D eigenvalue weighted by Gasteiger charge is -2.19. The van der Waals surface area contributed by atoms with Gasteiger partial charge in [0.25, 0.3) is 0 Å². The molecule has 0 radical (unpaired) electrons. The first-order chi connectivity index (χ1) is 7.13. The molecule has 1 rings (SSSR count). The molecule has 0 aliphatic carbocycles. The summed E-state index contributed by atoms with van der Waals surface area (Å²) in [5.74, 6) is 0.306. The molecule has 2 atom stereocenters. The lowest BCUT2D eigenvalue weighted by molar-refractivity contribution is 0.167. The van der Waals surface area contributed by atoms with E-state index in [-0.39, 0.29) is 6.04 Å². The van der Waals surface area contributed by atoms with Crippen LogP contribution in [0.3, 0.4) is 0 Å². The van der Waals surface area contributed by atoms with Crippen molar-refractivity contribution in [3.63, 3.8) is 0 Å². The van der Waals surface area contributed by atoms with E-state index in [4.69, 9.17) is 4.74 Å². The van der Waals surface area contributed by atoms with Gasteiger partial charge in [-0.2, -0.15) is 0 Å². The molecule has 0 heterocycles. The molecular weight excluding hydrogens is 190 g/mol. The van der Waals surface area contributed by atoms with Gasteiger partial charge in [0.1, 0.15) is 5.75 Å². The van der Waals surface area contributed by atoms with E-state index in [9.17, 15) is 5.11 Å². The fourth-order valence-electron chi connectivity index (χ4n) is 1.62. The topological polar surface area (TPSA) is 41.5 Å². The van der Waals surface area contributed by atoms with Crippen LogP contribution in [0.5, 0.6) is 5.75 Å². The summed E-state index contributed by atoms with van der Waals surface area (Å²) in [6.45, 7) is 4.83. The molecule has 0 aromatic heterocycles. The summed E-state index contributed by atoms with van der Waals surface area (Å²) >= 11 is 0. The molecule has 2 unspecified atom stereocenters. The number of nitrogens with one attached hydrogen (secondary N) is 1. The lowest BCUT2D eigenvalue weighted by Crippen LogP contribution is -2.32. The highest BCUT2D eigenvalue weighted by Crippen LogP contribution is 2.18. The van der Waals surface area contributed by atoms with Crippen molar-refractivity contribution in [3.05, 3.63) is 29.8 Å². The number of hydrogen-bond acceptors (Lipinski definition) is 3. The number of aromatic hydroxyl groups is 1. The smallest absolute Gasteiger partial charge is 0.115 e. The van der Waals surface area contributed by atoms with Gasteiger partial charge in [0.15, 0.2) is 0 Å². The quantitative estimate of drug-likeness (QED) is 0.780. The standard InChI is InChI=1S/C12H19NO2/c1-9(8-15-3)13-10(2)11-5-4-6-12(14)7-11/h4-7,9-10,13-14H,8H2,1-3H3. The SMILES string of the molecule is COCC(C)NC(C)c1cccc(O)c1. The highest BCUT2D eigenvalue weighted by atomic mass is 16.5. The summed E-state index contributed by atoms with van der Waals surface area (Å²) in [5.41, 5.74) is 1.08. The summed E-state index contributed by atoms with van der Waals surface area (Å²) in [6, 6.07) is 7.81. The van der Waals surface area contributed by atoms with Gasteiger partial charge in [-0.25, -0.2) is 0 Å². The van der Waals surface area contributed by atoms with Gasteiger partial charge in [-0.3, -0.25) is 0 Å². The molecule has 3 nitrogen and oxygen atoms in total. The minimum atomic E-state index is 0.210. The molecule has 3 heteroatoms. The van der Waals surface area contributed by atoms with Gasteiger partial charge in [-0.1, -0.05) is 12.1 Å². The first-order valence-electron chi connectivity index (χ1n) is 5.17. The molecular formula is C12H19NO2. The molecule has 0 aliphatic rings. The maximum Gasteiger partial charge on any atom is 0.115 e. The van der Waals surface area contributed by atoms with Crippen molar-refractivity contribution in [3.8, 4) is 5.75 Å². The van der Waals surface area contributed by atoms with Gasteiger partial charge in [0.2, 0.25) is 0 Å². The van der Waals surface area contributed by atoms with Crippen LogP contribution in [-0.4, -0.2) is 24.9 Å². The largest absolute Gasteiger partial charge is 0.508 e. The Morgan fingerprint density at radius 2 is 2.13 bits per heavy atom. The molecule has 1 aromatic rings. The van der Waals surface area contributed by atoms with Gasteiger partial charge in [0.05, 0.1) is 6.61 Å². The van der Waals surface area contributed by atoms with E-state index in [1.54, 1.807) is 19.2 Å². The van der Waals surface area contributed by atoms with Crippen LogP contribution in [0.4, 0.5) is 0 Å². The number of hydrogen-bond donors (Lipinski definition) is 2. The van der Waals surface area contributed by atoms with E-state index in [0.717, 1.165) is 5.56 Å². The summed E-state index contributed by atoms with van der Waals surface area (Å²) in [5, 5.41) is 12.7. The zero-order valence-electron chi connectivity index (χ0n) is 9.53. The molecule has 0 bridgehead atoms. The second-order valence-electron chi connectivity index (χ2n) is 3.84. The maximum absolute atomic E-state index is 9.35. The lowest BCUT2D eigenvalue weighted by atomic mass is 10.1. The van der Waals surface area contributed by atoms with Crippen LogP contribution >= 0.6 is 0 Å². The molecule has 84 valence electrons. The van der Waals surface area contributed by atoms with Crippen LogP contribution < -0.4 is 5.32 Å². The van der Waals surface area contributed by atoms with Crippen LogP contribution in [0.1, 0.15) is 25.5 Å². The average Bonchev–Trinajstić information content (AvgIpc) is 2.18. The van der Waals surface area contributed by atoms with Gasteiger partial charge < -0.3 is 15.2 Å². The van der Waals surface area contributed by atoms with Crippen molar-refractivity contribution in [2.24, 2.45) is 0 Å². The number of benzene rings is 1. The molecule has 0 saturated heterocycles. The van der Waals surface area contributed by atoms with Crippen LogP contribution in [0.15, 0.2) is 24.3 Å². The molecule has 0 fully saturated rings. The molecule has 1 aromatic carbocycles. The first-order valence-corrected chi connectivity index (χ1v) is 5.17. The third-order valence-electron chi connectivity index (χ3n) is 2.32. The fraction of sp³-hybridized carbons (Fsp3) is 0.500. The van der Waals surface area contributed by atoms with Crippen LogP contribution in [0.2, 0.25) is 0 Å². The molecule has 0 spiro atoms. The van der Waals surface area contributed by atoms with E-state index < -0.39 is 0 Å². The predicted molar refractivity (Wildman–Crippen MR) is 61.0 cm³/mol. The van der Waals surface area contributed by atoms with Crippen molar-refractivity contribution in [1.82, 2.24) is 5.32 Å². The third-order valence-corrected chi connectivity index (χ3v) is 2.32. The predicted octanol–water partition coefficient (Wildman–Crippen LogP) is 2.08. The Hall–Kier alpha value is -1.06. The van der Waals surface area contributed by atoms with Crippen molar-refractivity contribution in [2.75, 3.05) is 13.7 Å². The molecule has 15 heavy (non-hydrogen) atoms. The average molecular weight is 209 g/mol. The Labute approximate surface area is 91.1 Å². The van der Waals surface area contributed by atoms with Crippen molar-refractivity contribution in [2.45, 2.75) is 25.9 Å². The zero-order chi connectivity index (χ0) is 11.3. The van der Waals surface area contributed by atoms with Crippen molar-refractivity contribution in [1.29, 1.82) is 0 Å². The summed E-state index contributed by atoms with van der Waals surface area (Å²) in [4.78, 5) is 0. The molecule has 0 aliphatic heterocycles. The number of phenols is 1. The number of ether oxygens (including phenoxy) is 1. The van der Waals surface area contributed by atoms with Crippen LogP contribution in [0.25, 0.3) is 0 Å². The Balaban J connectivity index is 2.56. The maximum atomic E-state index is 9.35. The second kappa shape index (κ2) is 5.73. The third kappa shape index (κ3) is 3.90. The van der Waals surface area contributed by atoms with Crippen molar-refractivity contribution >= 4 is 0 Å². The van der Waals surface area contributed by atoms with E-state index >= 15 is 0 Å². The highest BCUT2D eigenvalue weighted by Gasteiger charge is 2.09. The Morgan fingerprint density at radius 1 is 1.40 bits per heavy atom. The van der Waals surface area contributed by atoms with Gasteiger partial charge in [-0.05, 0) is 31.5 Å². The number of phenolic OH excluding ortho intramolecular Hbond substituents is 1. The summed E-state index contributed by atoms with van der Waals surface area (Å²) in [7, 11) is 1.69.